The van der Waals surface area contributed by atoms with Crippen molar-refractivity contribution in [1.82, 2.24) is 15.3 Å². The van der Waals surface area contributed by atoms with Crippen molar-refractivity contribution in [1.29, 1.82) is 0 Å². The van der Waals surface area contributed by atoms with Crippen molar-refractivity contribution < 1.29 is 27.5 Å². The second kappa shape index (κ2) is 7.43. The van der Waals surface area contributed by atoms with Crippen LogP contribution in [0.5, 0.6) is 0 Å². The molecule has 3 aromatic rings. The van der Waals surface area contributed by atoms with E-state index in [0.717, 1.165) is 28.4 Å². The van der Waals surface area contributed by atoms with E-state index in [4.69, 9.17) is 9.52 Å². The van der Waals surface area contributed by atoms with Gasteiger partial charge in [-0.05, 0) is 12.1 Å². The molecule has 0 spiro atoms. The summed E-state index contributed by atoms with van der Waals surface area (Å²) in [6.07, 6.45) is -3.00. The average Bonchev–Trinajstić information content (AvgIpc) is 3.29. The number of fused-ring (bicyclic) bond motifs is 2. The molecular weight excluding hydrogens is 429 g/mol. The van der Waals surface area contributed by atoms with Crippen molar-refractivity contribution >= 4 is 49.3 Å². The standard InChI is InChI=1S/C17H15F3N4O3S2/c1-7-22-9-4-8(2-3-10(9)27-7)23-14(26)11-5-12-15(28-11)24-16(29-12)21-6-13(25)17(18,19)20/h2-3,5,8,13,25H,4,6H2,1H3,(H,21,24)(H,23,26). The van der Waals surface area contributed by atoms with Crippen LogP contribution < -0.4 is 10.6 Å². The number of aromatic nitrogens is 2. The van der Waals surface area contributed by atoms with Gasteiger partial charge in [0.2, 0.25) is 0 Å². The fraction of sp³-hybridized carbons (Fsp3) is 0.353. The molecule has 1 aliphatic carbocycles. The Morgan fingerprint density at radius 3 is 2.93 bits per heavy atom. The van der Waals surface area contributed by atoms with E-state index in [1.54, 1.807) is 19.1 Å². The summed E-state index contributed by atoms with van der Waals surface area (Å²) in [5, 5.41) is 14.7. The number of aliphatic hydroxyl groups excluding tert-OH is 1. The first-order chi connectivity index (χ1) is 13.7. The van der Waals surface area contributed by atoms with Crippen LogP contribution in [0, 0.1) is 6.92 Å². The molecule has 1 aliphatic rings. The van der Waals surface area contributed by atoms with Crippen molar-refractivity contribution in [3.8, 4) is 0 Å². The predicted octanol–water partition coefficient (Wildman–Crippen LogP) is 3.36. The van der Waals surface area contributed by atoms with Crippen LogP contribution >= 0.6 is 22.7 Å². The molecule has 3 N–H and O–H groups in total. The molecule has 7 nitrogen and oxygen atoms in total. The highest BCUT2D eigenvalue weighted by atomic mass is 32.1. The lowest BCUT2D eigenvalue weighted by Crippen LogP contribution is -2.35. The van der Waals surface area contributed by atoms with E-state index in [9.17, 15) is 18.0 Å². The topological polar surface area (TPSA) is 100 Å². The number of thiophene rings is 1. The molecule has 154 valence electrons. The summed E-state index contributed by atoms with van der Waals surface area (Å²) in [6.45, 7) is 1.08. The number of alkyl halides is 3. The van der Waals surface area contributed by atoms with Gasteiger partial charge in [0.25, 0.3) is 5.91 Å². The van der Waals surface area contributed by atoms with Crippen LogP contribution in [0.2, 0.25) is 0 Å². The van der Waals surface area contributed by atoms with Crippen molar-refractivity contribution in [3.63, 3.8) is 0 Å². The third-order valence-electron chi connectivity index (χ3n) is 4.18. The third-order valence-corrected chi connectivity index (χ3v) is 6.30. The molecule has 0 saturated heterocycles. The Hall–Kier alpha value is -2.44. The minimum Gasteiger partial charge on any atom is -0.441 e. The first-order valence-corrected chi connectivity index (χ1v) is 10.2. The molecule has 0 saturated carbocycles. The van der Waals surface area contributed by atoms with Gasteiger partial charge in [0.1, 0.15) is 4.83 Å². The quantitative estimate of drug-likeness (QED) is 0.558. The maximum Gasteiger partial charge on any atom is 0.416 e. The highest BCUT2D eigenvalue weighted by Gasteiger charge is 2.38. The Balaban J connectivity index is 1.38. The number of anilines is 1. The Morgan fingerprint density at radius 1 is 1.41 bits per heavy atom. The SMILES string of the molecule is Cc1nc2c(o1)C=CC(NC(=O)c1cc3sc(NCC(O)C(F)(F)F)nc3s1)C2. The number of aryl methyl sites for hydroxylation is 1. The molecule has 0 bridgehead atoms. The van der Waals surface area contributed by atoms with Gasteiger partial charge >= 0.3 is 6.18 Å². The number of amides is 1. The molecule has 3 aromatic heterocycles. The van der Waals surface area contributed by atoms with Gasteiger partial charge in [-0.1, -0.05) is 17.4 Å². The largest absolute Gasteiger partial charge is 0.441 e. The number of hydrogen-bond donors (Lipinski definition) is 3. The van der Waals surface area contributed by atoms with E-state index < -0.39 is 18.8 Å². The molecule has 0 aliphatic heterocycles. The van der Waals surface area contributed by atoms with E-state index in [1.807, 2.05) is 6.08 Å². The lowest BCUT2D eigenvalue weighted by Gasteiger charge is -2.16. The number of nitrogens with one attached hydrogen (secondary N) is 2. The molecule has 1 amide bonds. The van der Waals surface area contributed by atoms with Crippen LogP contribution in [0.4, 0.5) is 18.3 Å². The first kappa shape index (κ1) is 19.9. The summed E-state index contributed by atoms with van der Waals surface area (Å²) in [5.41, 5.74) is 0.792. The van der Waals surface area contributed by atoms with Gasteiger partial charge in [0, 0.05) is 13.3 Å². The number of halogens is 3. The minimum absolute atomic E-state index is 0.214. The second-order valence-corrected chi connectivity index (χ2v) is 8.49. The maximum atomic E-state index is 12.5. The molecule has 0 radical (unpaired) electrons. The Morgan fingerprint density at radius 2 is 2.21 bits per heavy atom. The Kier molecular flexibility index (Phi) is 5.09. The zero-order valence-electron chi connectivity index (χ0n) is 14.9. The van der Waals surface area contributed by atoms with E-state index in [-0.39, 0.29) is 17.1 Å². The van der Waals surface area contributed by atoms with Gasteiger partial charge in [-0.25, -0.2) is 9.97 Å². The molecule has 29 heavy (non-hydrogen) atoms. The summed E-state index contributed by atoms with van der Waals surface area (Å²) in [7, 11) is 0. The number of aliphatic hydroxyl groups is 1. The first-order valence-electron chi connectivity index (χ1n) is 8.53. The van der Waals surface area contributed by atoms with E-state index >= 15 is 0 Å². The van der Waals surface area contributed by atoms with Gasteiger partial charge in [-0.15, -0.1) is 11.3 Å². The van der Waals surface area contributed by atoms with Crippen LogP contribution in [0.25, 0.3) is 15.6 Å². The van der Waals surface area contributed by atoms with Crippen LogP contribution in [-0.4, -0.2) is 45.8 Å². The van der Waals surface area contributed by atoms with Crippen LogP contribution in [0.15, 0.2) is 16.6 Å². The van der Waals surface area contributed by atoms with Gasteiger partial charge < -0.3 is 20.2 Å². The number of carbonyl (C=O) groups is 1. The molecule has 2 unspecified atom stereocenters. The normalized spacial score (nSPS) is 17.3. The van der Waals surface area contributed by atoms with Crippen molar-refractivity contribution in [3.05, 3.63) is 34.4 Å². The smallest absolute Gasteiger partial charge is 0.416 e. The number of rotatable bonds is 5. The average molecular weight is 444 g/mol. The molecule has 2 atom stereocenters. The number of carbonyl (C=O) groups excluding carboxylic acids is 1. The van der Waals surface area contributed by atoms with Crippen molar-refractivity contribution in [2.75, 3.05) is 11.9 Å². The highest BCUT2D eigenvalue weighted by Crippen LogP contribution is 2.33. The van der Waals surface area contributed by atoms with Crippen molar-refractivity contribution in [2.45, 2.75) is 31.7 Å². The predicted molar refractivity (Wildman–Crippen MR) is 103 cm³/mol. The number of hydrogen-bond acceptors (Lipinski definition) is 8. The molecular formula is C17H15F3N4O3S2. The van der Waals surface area contributed by atoms with E-state index in [1.165, 1.54) is 0 Å². The summed E-state index contributed by atoms with van der Waals surface area (Å²) < 4.78 is 43.2. The molecule has 0 fully saturated rings. The lowest BCUT2D eigenvalue weighted by atomic mass is 10.0. The van der Waals surface area contributed by atoms with E-state index in [2.05, 4.69) is 20.6 Å². The number of nitrogens with zero attached hydrogens (tertiary/aromatic N) is 2. The van der Waals surface area contributed by atoms with Gasteiger partial charge in [0.05, 0.1) is 27.9 Å². The fourth-order valence-electron chi connectivity index (χ4n) is 2.80. The molecule has 12 heteroatoms. The third kappa shape index (κ3) is 4.28. The minimum atomic E-state index is -4.69. The maximum absolute atomic E-state index is 12.5. The van der Waals surface area contributed by atoms with Crippen molar-refractivity contribution in [2.24, 2.45) is 0 Å². The second-order valence-electron chi connectivity index (χ2n) is 6.42. The lowest BCUT2D eigenvalue weighted by molar-refractivity contribution is -0.198. The summed E-state index contributed by atoms with van der Waals surface area (Å²) in [4.78, 5) is 22.0. The van der Waals surface area contributed by atoms with Crippen LogP contribution in [0.1, 0.15) is 27.0 Å². The highest BCUT2D eigenvalue weighted by molar-refractivity contribution is 7.29. The van der Waals surface area contributed by atoms with E-state index in [0.29, 0.717) is 32.5 Å². The van der Waals surface area contributed by atoms with Crippen LogP contribution in [0.3, 0.4) is 0 Å². The van der Waals surface area contributed by atoms with Gasteiger partial charge in [-0.2, -0.15) is 13.2 Å². The Labute approximate surface area is 170 Å². The van der Waals surface area contributed by atoms with Gasteiger partial charge in [0.15, 0.2) is 22.9 Å². The summed E-state index contributed by atoms with van der Waals surface area (Å²) in [5.74, 6) is 1.01. The van der Waals surface area contributed by atoms with Crippen LogP contribution in [-0.2, 0) is 6.42 Å². The monoisotopic (exact) mass is 444 g/mol. The molecule has 4 rings (SSSR count). The molecule has 3 heterocycles. The zero-order chi connectivity index (χ0) is 20.8. The zero-order valence-corrected chi connectivity index (χ0v) is 16.5. The number of thiazole rings is 1. The Bertz CT molecular complexity index is 1050. The van der Waals surface area contributed by atoms with Gasteiger partial charge in [-0.3, -0.25) is 4.79 Å². The summed E-state index contributed by atoms with van der Waals surface area (Å²) >= 11 is 2.27. The fourth-order valence-corrected chi connectivity index (χ4v) is 4.83. The molecule has 0 aromatic carbocycles. The summed E-state index contributed by atoms with van der Waals surface area (Å²) in [6, 6.07) is 1.44. The number of oxazole rings is 1.